The standard InChI is InChI=1S/C11H12O4/c1-15-10-7-8(3-2-6-12)4-5-9(10)11(13)14/h4-7H,2-3H2,1H3,(H,13,14). The van der Waals surface area contributed by atoms with Gasteiger partial charge in [0.05, 0.1) is 7.11 Å². The normalized spacial score (nSPS) is 9.67. The van der Waals surface area contributed by atoms with Crippen LogP contribution in [0.15, 0.2) is 18.2 Å². The van der Waals surface area contributed by atoms with E-state index >= 15 is 0 Å². The molecule has 0 saturated carbocycles. The van der Waals surface area contributed by atoms with Crippen molar-refractivity contribution in [3.05, 3.63) is 29.3 Å². The summed E-state index contributed by atoms with van der Waals surface area (Å²) in [5.74, 6) is -0.695. The Morgan fingerprint density at radius 2 is 2.27 bits per heavy atom. The Morgan fingerprint density at radius 3 is 2.80 bits per heavy atom. The molecule has 0 bridgehead atoms. The first-order chi connectivity index (χ1) is 7.19. The number of carbonyl (C=O) groups excluding carboxylic acids is 1. The molecule has 0 fully saturated rings. The molecule has 0 aliphatic heterocycles. The van der Waals surface area contributed by atoms with Crippen LogP contribution >= 0.6 is 0 Å². The monoisotopic (exact) mass is 208 g/mol. The third-order valence-corrected chi connectivity index (χ3v) is 2.05. The molecule has 0 aliphatic rings. The molecule has 0 spiro atoms. The number of rotatable bonds is 5. The number of hydrogen-bond donors (Lipinski definition) is 1. The SMILES string of the molecule is COc1cc(CCC=O)ccc1C(=O)O. The molecule has 0 radical (unpaired) electrons. The van der Waals surface area contributed by atoms with E-state index in [1.807, 2.05) is 0 Å². The molecule has 1 N–H and O–H groups in total. The second-order valence-electron chi connectivity index (χ2n) is 3.05. The van der Waals surface area contributed by atoms with E-state index in [2.05, 4.69) is 0 Å². The van der Waals surface area contributed by atoms with Crippen LogP contribution in [0.2, 0.25) is 0 Å². The molecule has 0 unspecified atom stereocenters. The molecule has 1 aromatic rings. The summed E-state index contributed by atoms with van der Waals surface area (Å²) in [5, 5.41) is 8.83. The number of aldehydes is 1. The highest BCUT2D eigenvalue weighted by atomic mass is 16.5. The molecule has 15 heavy (non-hydrogen) atoms. The Labute approximate surface area is 87.5 Å². The Balaban J connectivity index is 2.96. The lowest BCUT2D eigenvalue weighted by Crippen LogP contribution is -2.01. The van der Waals surface area contributed by atoms with Gasteiger partial charge in [-0.2, -0.15) is 0 Å². The van der Waals surface area contributed by atoms with Crippen LogP contribution in [-0.2, 0) is 11.2 Å². The summed E-state index contributed by atoms with van der Waals surface area (Å²) in [7, 11) is 1.42. The van der Waals surface area contributed by atoms with Crippen LogP contribution < -0.4 is 4.74 Å². The number of ether oxygens (including phenoxy) is 1. The van der Waals surface area contributed by atoms with E-state index in [4.69, 9.17) is 9.84 Å². The van der Waals surface area contributed by atoms with Gasteiger partial charge in [0, 0.05) is 6.42 Å². The van der Waals surface area contributed by atoms with Crippen LogP contribution in [0.3, 0.4) is 0 Å². The lowest BCUT2D eigenvalue weighted by molar-refractivity contribution is -0.107. The summed E-state index contributed by atoms with van der Waals surface area (Å²) in [5.41, 5.74) is 1.02. The number of carboxylic acid groups (broad SMARTS) is 1. The molecular formula is C11H12O4. The largest absolute Gasteiger partial charge is 0.496 e. The first-order valence-electron chi connectivity index (χ1n) is 4.53. The Morgan fingerprint density at radius 1 is 1.53 bits per heavy atom. The van der Waals surface area contributed by atoms with Crippen molar-refractivity contribution in [1.29, 1.82) is 0 Å². The second-order valence-corrected chi connectivity index (χ2v) is 3.05. The maximum atomic E-state index is 10.8. The molecule has 0 amide bonds. The van der Waals surface area contributed by atoms with Gasteiger partial charge in [0.15, 0.2) is 0 Å². The molecule has 0 atom stereocenters. The highest BCUT2D eigenvalue weighted by molar-refractivity contribution is 5.90. The molecule has 0 aromatic heterocycles. The molecule has 80 valence electrons. The number of carboxylic acids is 1. The predicted molar refractivity (Wildman–Crippen MR) is 54.3 cm³/mol. The molecule has 1 aromatic carbocycles. The van der Waals surface area contributed by atoms with E-state index in [-0.39, 0.29) is 5.56 Å². The maximum Gasteiger partial charge on any atom is 0.339 e. The van der Waals surface area contributed by atoms with Crippen LogP contribution in [0, 0.1) is 0 Å². The van der Waals surface area contributed by atoms with E-state index in [1.165, 1.54) is 13.2 Å². The van der Waals surface area contributed by atoms with Gasteiger partial charge in [0.1, 0.15) is 17.6 Å². The third-order valence-electron chi connectivity index (χ3n) is 2.05. The van der Waals surface area contributed by atoms with Gasteiger partial charge in [-0.1, -0.05) is 6.07 Å². The quantitative estimate of drug-likeness (QED) is 0.745. The van der Waals surface area contributed by atoms with Crippen LogP contribution in [-0.4, -0.2) is 24.5 Å². The van der Waals surface area contributed by atoms with Crippen molar-refractivity contribution in [2.24, 2.45) is 0 Å². The average Bonchev–Trinajstić information content (AvgIpc) is 2.25. The maximum absolute atomic E-state index is 10.8. The fourth-order valence-corrected chi connectivity index (χ4v) is 1.29. The van der Waals surface area contributed by atoms with Gasteiger partial charge in [-0.25, -0.2) is 4.79 Å². The van der Waals surface area contributed by atoms with Crippen LogP contribution in [0.4, 0.5) is 0 Å². The van der Waals surface area contributed by atoms with Crippen LogP contribution in [0.5, 0.6) is 5.75 Å². The summed E-state index contributed by atoms with van der Waals surface area (Å²) in [6.07, 6.45) is 1.85. The number of hydrogen-bond acceptors (Lipinski definition) is 3. The van der Waals surface area contributed by atoms with Crippen molar-refractivity contribution < 1.29 is 19.4 Å². The van der Waals surface area contributed by atoms with Crippen molar-refractivity contribution in [3.63, 3.8) is 0 Å². The molecule has 0 heterocycles. The van der Waals surface area contributed by atoms with Crippen LogP contribution in [0.25, 0.3) is 0 Å². The number of methoxy groups -OCH3 is 1. The van der Waals surface area contributed by atoms with Gasteiger partial charge in [0.2, 0.25) is 0 Å². The second kappa shape index (κ2) is 5.14. The first-order valence-corrected chi connectivity index (χ1v) is 4.53. The zero-order valence-electron chi connectivity index (χ0n) is 8.40. The predicted octanol–water partition coefficient (Wildman–Crippen LogP) is 1.52. The summed E-state index contributed by atoms with van der Waals surface area (Å²) < 4.78 is 4.96. The number of carbonyl (C=O) groups is 2. The lowest BCUT2D eigenvalue weighted by atomic mass is 10.1. The van der Waals surface area contributed by atoms with Gasteiger partial charge in [0.25, 0.3) is 0 Å². The fraction of sp³-hybridized carbons (Fsp3) is 0.273. The van der Waals surface area contributed by atoms with E-state index in [1.54, 1.807) is 12.1 Å². The molecule has 0 saturated heterocycles. The van der Waals surface area contributed by atoms with Gasteiger partial charge < -0.3 is 14.6 Å². The highest BCUT2D eigenvalue weighted by Crippen LogP contribution is 2.20. The Bertz CT molecular complexity index is 371. The zero-order valence-corrected chi connectivity index (χ0v) is 8.40. The molecule has 4 heteroatoms. The number of benzene rings is 1. The van der Waals surface area contributed by atoms with Gasteiger partial charge in [-0.05, 0) is 24.1 Å². The molecule has 0 aliphatic carbocycles. The molecule has 4 nitrogen and oxygen atoms in total. The minimum atomic E-state index is -1.02. The van der Waals surface area contributed by atoms with Gasteiger partial charge in [-0.15, -0.1) is 0 Å². The van der Waals surface area contributed by atoms with E-state index in [0.29, 0.717) is 18.6 Å². The summed E-state index contributed by atoms with van der Waals surface area (Å²) >= 11 is 0. The van der Waals surface area contributed by atoms with Crippen molar-refractivity contribution >= 4 is 12.3 Å². The van der Waals surface area contributed by atoms with E-state index in [9.17, 15) is 9.59 Å². The van der Waals surface area contributed by atoms with Crippen molar-refractivity contribution in [2.75, 3.05) is 7.11 Å². The summed E-state index contributed by atoms with van der Waals surface area (Å²) in [4.78, 5) is 21.0. The third kappa shape index (κ3) is 2.80. The van der Waals surface area contributed by atoms with Crippen molar-refractivity contribution in [2.45, 2.75) is 12.8 Å². The minimum Gasteiger partial charge on any atom is -0.496 e. The Kier molecular flexibility index (Phi) is 3.85. The minimum absolute atomic E-state index is 0.132. The van der Waals surface area contributed by atoms with Crippen LogP contribution in [0.1, 0.15) is 22.3 Å². The summed E-state index contributed by atoms with van der Waals surface area (Å²) in [6, 6.07) is 4.82. The van der Waals surface area contributed by atoms with Gasteiger partial charge >= 0.3 is 5.97 Å². The highest BCUT2D eigenvalue weighted by Gasteiger charge is 2.10. The van der Waals surface area contributed by atoms with E-state index in [0.717, 1.165) is 11.8 Å². The first kappa shape index (κ1) is 11.2. The number of aryl methyl sites for hydroxylation is 1. The Hall–Kier alpha value is -1.84. The van der Waals surface area contributed by atoms with Gasteiger partial charge in [-0.3, -0.25) is 0 Å². The average molecular weight is 208 g/mol. The van der Waals surface area contributed by atoms with Crippen molar-refractivity contribution in [3.8, 4) is 5.75 Å². The lowest BCUT2D eigenvalue weighted by Gasteiger charge is -2.06. The fourth-order valence-electron chi connectivity index (χ4n) is 1.29. The van der Waals surface area contributed by atoms with Crippen molar-refractivity contribution in [1.82, 2.24) is 0 Å². The smallest absolute Gasteiger partial charge is 0.339 e. The molecule has 1 rings (SSSR count). The zero-order chi connectivity index (χ0) is 11.3. The topological polar surface area (TPSA) is 63.6 Å². The summed E-state index contributed by atoms with van der Waals surface area (Å²) in [6.45, 7) is 0. The molecular weight excluding hydrogens is 196 g/mol. The number of aromatic carboxylic acids is 1. The van der Waals surface area contributed by atoms with E-state index < -0.39 is 5.97 Å².